The van der Waals surface area contributed by atoms with Gasteiger partial charge in [-0.2, -0.15) is 5.01 Å². The van der Waals surface area contributed by atoms with E-state index in [1.807, 2.05) is 5.43 Å². The Balaban J connectivity index is 4.82. The molecule has 0 bridgehead atoms. The van der Waals surface area contributed by atoms with Crippen LogP contribution in [0, 0.1) is 0 Å². The Morgan fingerprint density at radius 3 is 2.17 bits per heavy atom. The maximum absolute atomic E-state index is 11.5. The van der Waals surface area contributed by atoms with Gasteiger partial charge in [0.05, 0.1) is 20.3 Å². The van der Waals surface area contributed by atoms with Crippen LogP contribution >= 0.6 is 0 Å². The van der Waals surface area contributed by atoms with Crippen LogP contribution in [0.4, 0.5) is 9.59 Å². The zero-order chi connectivity index (χ0) is 14.1. The van der Waals surface area contributed by atoms with E-state index in [-0.39, 0.29) is 13.2 Å². The molecule has 0 saturated heterocycles. The van der Waals surface area contributed by atoms with Crippen LogP contribution < -0.4 is 5.43 Å². The first-order valence-electron chi connectivity index (χ1n) is 5.15. The van der Waals surface area contributed by atoms with E-state index in [2.05, 4.69) is 20.8 Å². The number of carbonyl (C=O) groups is 3. The molecule has 2 amide bonds. The summed E-state index contributed by atoms with van der Waals surface area (Å²) in [5.41, 5.74) is 1.62. The number of hydrogen-bond donors (Lipinski definition) is 1. The normalized spacial score (nSPS) is 9.06. The molecule has 0 aliphatic carbocycles. The number of hydrogen-bond acceptors (Lipinski definition) is 6. The van der Waals surface area contributed by atoms with Gasteiger partial charge in [0.2, 0.25) is 0 Å². The number of carbonyl (C=O) groups excluding carboxylic acids is 3. The quantitative estimate of drug-likeness (QED) is 0.347. The SMILES string of the molecule is C=C(C(=O)OC)N(NC(=O)OCC)C(=O)OCC. The van der Waals surface area contributed by atoms with Gasteiger partial charge in [-0.1, -0.05) is 6.58 Å². The van der Waals surface area contributed by atoms with Gasteiger partial charge >= 0.3 is 18.2 Å². The minimum Gasteiger partial charge on any atom is -0.464 e. The van der Waals surface area contributed by atoms with Gasteiger partial charge in [0.1, 0.15) is 5.70 Å². The minimum absolute atomic E-state index is 0.0638. The molecule has 0 aromatic rings. The van der Waals surface area contributed by atoms with Crippen molar-refractivity contribution in [3.05, 3.63) is 12.3 Å². The summed E-state index contributed by atoms with van der Waals surface area (Å²) in [5, 5.41) is 0.521. The molecule has 0 radical (unpaired) electrons. The standard InChI is InChI=1S/C10H16N2O6/c1-5-17-9(14)11-12(10(15)18-6-2)7(3)8(13)16-4/h3,5-6H2,1-2,4H3,(H,11,14). The molecule has 18 heavy (non-hydrogen) atoms. The van der Waals surface area contributed by atoms with Gasteiger partial charge in [-0.05, 0) is 13.8 Å². The number of amides is 2. The minimum atomic E-state index is -0.971. The molecule has 102 valence electrons. The number of hydrazine groups is 1. The van der Waals surface area contributed by atoms with Crippen molar-refractivity contribution >= 4 is 18.2 Å². The first-order valence-corrected chi connectivity index (χ1v) is 5.15. The predicted octanol–water partition coefficient (Wildman–Crippen LogP) is 0.793. The van der Waals surface area contributed by atoms with Crippen LogP contribution in [0.25, 0.3) is 0 Å². The Bertz CT molecular complexity index is 341. The number of nitrogens with zero attached hydrogens (tertiary/aromatic N) is 1. The molecule has 0 aliphatic rings. The van der Waals surface area contributed by atoms with Gasteiger partial charge in [0, 0.05) is 0 Å². The van der Waals surface area contributed by atoms with Crippen LogP contribution in [0.5, 0.6) is 0 Å². The van der Waals surface area contributed by atoms with Crippen molar-refractivity contribution in [2.45, 2.75) is 13.8 Å². The van der Waals surface area contributed by atoms with E-state index in [0.29, 0.717) is 5.01 Å². The van der Waals surface area contributed by atoms with Gasteiger partial charge in [-0.3, -0.25) is 0 Å². The molecule has 0 atom stereocenters. The van der Waals surface area contributed by atoms with Crippen LogP contribution in [0.3, 0.4) is 0 Å². The molecular formula is C10H16N2O6. The van der Waals surface area contributed by atoms with Crippen molar-refractivity contribution in [3.63, 3.8) is 0 Å². The smallest absolute Gasteiger partial charge is 0.433 e. The largest absolute Gasteiger partial charge is 0.464 e. The van der Waals surface area contributed by atoms with Crippen LogP contribution in [-0.4, -0.2) is 43.5 Å². The molecule has 0 heterocycles. The van der Waals surface area contributed by atoms with Crippen LogP contribution in [0.15, 0.2) is 12.3 Å². The molecule has 0 rings (SSSR count). The van der Waals surface area contributed by atoms with Crippen molar-refractivity contribution < 1.29 is 28.6 Å². The molecule has 8 heteroatoms. The summed E-state index contributed by atoms with van der Waals surface area (Å²) < 4.78 is 13.6. The summed E-state index contributed by atoms with van der Waals surface area (Å²) in [6, 6.07) is 0. The maximum atomic E-state index is 11.5. The van der Waals surface area contributed by atoms with E-state index in [9.17, 15) is 14.4 Å². The third-order valence-corrected chi connectivity index (χ3v) is 1.62. The van der Waals surface area contributed by atoms with Gasteiger partial charge in [-0.15, -0.1) is 0 Å². The van der Waals surface area contributed by atoms with Crippen molar-refractivity contribution in [1.82, 2.24) is 10.4 Å². The predicted molar refractivity (Wildman–Crippen MR) is 60.2 cm³/mol. The number of esters is 1. The van der Waals surface area contributed by atoms with Crippen molar-refractivity contribution in [1.29, 1.82) is 0 Å². The fraction of sp³-hybridized carbons (Fsp3) is 0.500. The van der Waals surface area contributed by atoms with Gasteiger partial charge in [0.15, 0.2) is 0 Å². The molecule has 1 N–H and O–H groups in total. The van der Waals surface area contributed by atoms with Gasteiger partial charge in [0.25, 0.3) is 0 Å². The zero-order valence-corrected chi connectivity index (χ0v) is 10.5. The van der Waals surface area contributed by atoms with Crippen LogP contribution in [-0.2, 0) is 19.0 Å². The van der Waals surface area contributed by atoms with Crippen LogP contribution in [0.1, 0.15) is 13.8 Å². The van der Waals surface area contributed by atoms with E-state index in [1.54, 1.807) is 13.8 Å². The topological polar surface area (TPSA) is 94.2 Å². The highest BCUT2D eigenvalue weighted by Crippen LogP contribution is 2.04. The highest BCUT2D eigenvalue weighted by molar-refractivity contribution is 5.92. The molecule has 8 nitrogen and oxygen atoms in total. The average Bonchev–Trinajstić information content (AvgIpc) is 2.34. The Hall–Kier alpha value is -2.25. The lowest BCUT2D eigenvalue weighted by atomic mass is 10.5. The second-order valence-corrected chi connectivity index (χ2v) is 2.80. The summed E-state index contributed by atoms with van der Waals surface area (Å²) in [5.74, 6) is -0.889. The zero-order valence-electron chi connectivity index (χ0n) is 10.5. The average molecular weight is 260 g/mol. The molecule has 0 saturated carbocycles. The molecule has 0 fully saturated rings. The van der Waals surface area contributed by atoms with Crippen LogP contribution in [0.2, 0.25) is 0 Å². The molecule has 0 aliphatic heterocycles. The maximum Gasteiger partial charge on any atom is 0.433 e. The monoisotopic (exact) mass is 260 g/mol. The highest BCUT2D eigenvalue weighted by atomic mass is 16.6. The van der Waals surface area contributed by atoms with Crippen molar-refractivity contribution in [2.24, 2.45) is 0 Å². The van der Waals surface area contributed by atoms with E-state index >= 15 is 0 Å². The Morgan fingerprint density at radius 2 is 1.72 bits per heavy atom. The van der Waals surface area contributed by atoms with Gasteiger partial charge in [-0.25, -0.2) is 19.8 Å². The second kappa shape index (κ2) is 7.93. The third-order valence-electron chi connectivity index (χ3n) is 1.62. The molecule has 0 unspecified atom stereocenters. The second-order valence-electron chi connectivity index (χ2n) is 2.80. The first kappa shape index (κ1) is 15.8. The summed E-state index contributed by atoms with van der Waals surface area (Å²) in [6.07, 6.45) is -1.89. The Labute approximate surface area is 104 Å². The van der Waals surface area contributed by atoms with E-state index < -0.39 is 23.9 Å². The molecular weight excluding hydrogens is 244 g/mol. The Morgan fingerprint density at radius 1 is 1.17 bits per heavy atom. The van der Waals surface area contributed by atoms with Gasteiger partial charge < -0.3 is 14.2 Å². The lowest BCUT2D eigenvalue weighted by molar-refractivity contribution is -0.138. The fourth-order valence-electron chi connectivity index (χ4n) is 0.875. The third kappa shape index (κ3) is 4.73. The first-order chi connectivity index (χ1) is 8.47. The van der Waals surface area contributed by atoms with E-state index in [4.69, 9.17) is 0 Å². The highest BCUT2D eigenvalue weighted by Gasteiger charge is 2.26. The number of ether oxygens (including phenoxy) is 3. The number of methoxy groups -OCH3 is 1. The summed E-state index contributed by atoms with van der Waals surface area (Å²) >= 11 is 0. The molecule has 0 aromatic heterocycles. The fourth-order valence-corrected chi connectivity index (χ4v) is 0.875. The summed E-state index contributed by atoms with van der Waals surface area (Å²) in [7, 11) is 1.11. The van der Waals surface area contributed by atoms with E-state index in [0.717, 1.165) is 7.11 Å². The lowest BCUT2D eigenvalue weighted by Gasteiger charge is -2.21. The molecule has 0 aromatic carbocycles. The molecule has 0 spiro atoms. The van der Waals surface area contributed by atoms with Crippen molar-refractivity contribution in [3.8, 4) is 0 Å². The number of rotatable bonds is 4. The summed E-state index contributed by atoms with van der Waals surface area (Å²) in [4.78, 5) is 33.9. The Kier molecular flexibility index (Phi) is 6.94. The van der Waals surface area contributed by atoms with Crippen molar-refractivity contribution in [2.75, 3.05) is 20.3 Å². The number of nitrogens with one attached hydrogen (secondary N) is 1. The lowest BCUT2D eigenvalue weighted by Crippen LogP contribution is -2.47. The van der Waals surface area contributed by atoms with E-state index in [1.165, 1.54) is 0 Å². The summed E-state index contributed by atoms with van der Waals surface area (Å²) in [6.45, 7) is 6.65.